The molecule has 0 aliphatic heterocycles. The number of carbonyl (C=O) groups is 2. The van der Waals surface area contributed by atoms with E-state index in [-0.39, 0.29) is 5.78 Å². The summed E-state index contributed by atoms with van der Waals surface area (Å²) in [4.78, 5) is 21.9. The van der Waals surface area contributed by atoms with Crippen molar-refractivity contribution in [1.82, 2.24) is 0 Å². The average molecular weight is 205 g/mol. The summed E-state index contributed by atoms with van der Waals surface area (Å²) in [6, 6.07) is 5.39. The van der Waals surface area contributed by atoms with Crippen LogP contribution >= 0.6 is 0 Å². The van der Waals surface area contributed by atoms with Crippen LogP contribution in [0.4, 0.5) is 4.79 Å². The van der Waals surface area contributed by atoms with E-state index in [4.69, 9.17) is 10.5 Å². The van der Waals surface area contributed by atoms with E-state index >= 15 is 0 Å². The Morgan fingerprint density at radius 3 is 2.87 bits per heavy atom. The molecule has 1 aromatic carbocycles. The smallest absolute Gasteiger partial charge is 0.409 e. The first-order chi connectivity index (χ1) is 7.16. The fourth-order valence-electron chi connectivity index (χ4n) is 1.81. The maximum absolute atomic E-state index is 11.3. The van der Waals surface area contributed by atoms with E-state index in [1.165, 1.54) is 0 Å². The van der Waals surface area contributed by atoms with Crippen LogP contribution in [0.1, 0.15) is 17.5 Å². The molecule has 0 unspecified atom stereocenters. The van der Waals surface area contributed by atoms with Crippen molar-refractivity contribution in [3.8, 4) is 5.75 Å². The molecule has 0 aromatic heterocycles. The summed E-state index contributed by atoms with van der Waals surface area (Å²) >= 11 is 0. The van der Waals surface area contributed by atoms with Gasteiger partial charge in [0.25, 0.3) is 0 Å². The van der Waals surface area contributed by atoms with Gasteiger partial charge in [0.05, 0.1) is 0 Å². The third kappa shape index (κ3) is 1.98. The van der Waals surface area contributed by atoms with Gasteiger partial charge in [-0.2, -0.15) is 0 Å². The Morgan fingerprint density at radius 1 is 1.33 bits per heavy atom. The number of carbonyl (C=O) groups excluding carboxylic acids is 2. The van der Waals surface area contributed by atoms with Crippen LogP contribution in [0.5, 0.6) is 5.75 Å². The lowest BCUT2D eigenvalue weighted by atomic mass is 9.90. The molecule has 0 radical (unpaired) electrons. The second-order valence-electron chi connectivity index (χ2n) is 3.53. The highest BCUT2D eigenvalue weighted by atomic mass is 16.5. The summed E-state index contributed by atoms with van der Waals surface area (Å²) in [6.07, 6.45) is 0.761. The van der Waals surface area contributed by atoms with E-state index in [0.29, 0.717) is 25.0 Å². The maximum Gasteiger partial charge on any atom is 0.409 e. The summed E-state index contributed by atoms with van der Waals surface area (Å²) in [5, 5.41) is 0. The first kappa shape index (κ1) is 9.71. The lowest BCUT2D eigenvalue weighted by Crippen LogP contribution is -2.20. The van der Waals surface area contributed by atoms with Gasteiger partial charge in [0.15, 0.2) is 0 Å². The second kappa shape index (κ2) is 3.73. The van der Waals surface area contributed by atoms with E-state index in [1.54, 1.807) is 12.1 Å². The number of hydrogen-bond acceptors (Lipinski definition) is 3. The van der Waals surface area contributed by atoms with Crippen molar-refractivity contribution >= 4 is 11.9 Å². The van der Waals surface area contributed by atoms with Crippen LogP contribution in [0, 0.1) is 0 Å². The molecule has 1 aromatic rings. The zero-order valence-corrected chi connectivity index (χ0v) is 8.16. The molecule has 1 amide bonds. The lowest BCUT2D eigenvalue weighted by molar-refractivity contribution is -0.118. The molecule has 0 bridgehead atoms. The highest BCUT2D eigenvalue weighted by Gasteiger charge is 2.19. The topological polar surface area (TPSA) is 69.4 Å². The first-order valence-electron chi connectivity index (χ1n) is 4.76. The molecule has 0 saturated heterocycles. The molecule has 1 aliphatic carbocycles. The van der Waals surface area contributed by atoms with E-state index in [1.807, 2.05) is 6.07 Å². The standard InChI is InChI=1S/C11H11NO3/c12-11(14)15-10-3-1-2-7-4-5-8(13)6-9(7)10/h1-3H,4-6H2,(H2,12,14). The lowest BCUT2D eigenvalue weighted by Gasteiger charge is -2.17. The van der Waals surface area contributed by atoms with Gasteiger partial charge in [-0.15, -0.1) is 0 Å². The molecule has 0 atom stereocenters. The van der Waals surface area contributed by atoms with Gasteiger partial charge >= 0.3 is 6.09 Å². The van der Waals surface area contributed by atoms with Crippen LogP contribution in [0.15, 0.2) is 18.2 Å². The van der Waals surface area contributed by atoms with Gasteiger partial charge < -0.3 is 10.5 Å². The van der Waals surface area contributed by atoms with Crippen LogP contribution in [0.3, 0.4) is 0 Å². The fourth-order valence-corrected chi connectivity index (χ4v) is 1.81. The maximum atomic E-state index is 11.3. The molecular weight excluding hydrogens is 194 g/mol. The first-order valence-corrected chi connectivity index (χ1v) is 4.76. The van der Waals surface area contributed by atoms with Gasteiger partial charge in [0.1, 0.15) is 11.5 Å². The highest BCUT2D eigenvalue weighted by molar-refractivity contribution is 5.84. The molecule has 15 heavy (non-hydrogen) atoms. The zero-order chi connectivity index (χ0) is 10.8. The van der Waals surface area contributed by atoms with Crippen molar-refractivity contribution in [2.24, 2.45) is 5.73 Å². The molecule has 0 saturated carbocycles. The molecule has 2 rings (SSSR count). The summed E-state index contributed by atoms with van der Waals surface area (Å²) in [7, 11) is 0. The van der Waals surface area contributed by atoms with Gasteiger partial charge in [-0.25, -0.2) is 4.79 Å². The molecule has 0 spiro atoms. The minimum atomic E-state index is -0.846. The Labute approximate surface area is 87.0 Å². The highest BCUT2D eigenvalue weighted by Crippen LogP contribution is 2.28. The van der Waals surface area contributed by atoms with E-state index in [9.17, 15) is 9.59 Å². The zero-order valence-electron chi connectivity index (χ0n) is 8.16. The number of hydrogen-bond donors (Lipinski definition) is 1. The largest absolute Gasteiger partial charge is 0.410 e. The molecule has 4 heteroatoms. The third-order valence-corrected chi connectivity index (χ3v) is 2.49. The monoisotopic (exact) mass is 205 g/mol. The molecule has 1 aliphatic rings. The molecule has 2 N–H and O–H groups in total. The van der Waals surface area contributed by atoms with Crippen molar-refractivity contribution in [1.29, 1.82) is 0 Å². The predicted molar refractivity (Wildman–Crippen MR) is 53.7 cm³/mol. The number of benzene rings is 1. The summed E-state index contributed by atoms with van der Waals surface area (Å²) in [5.41, 5.74) is 6.81. The minimum Gasteiger partial charge on any atom is -0.410 e. The SMILES string of the molecule is NC(=O)Oc1cccc2c1CC(=O)CC2. The number of primary amides is 1. The van der Waals surface area contributed by atoms with Gasteiger partial charge in [0.2, 0.25) is 0 Å². The summed E-state index contributed by atoms with van der Waals surface area (Å²) in [6.45, 7) is 0. The van der Waals surface area contributed by atoms with Crippen LogP contribution in [-0.2, 0) is 17.6 Å². The molecular formula is C11H11NO3. The average Bonchev–Trinajstić information content (AvgIpc) is 2.18. The van der Waals surface area contributed by atoms with Crippen molar-refractivity contribution in [2.45, 2.75) is 19.3 Å². The number of ether oxygens (including phenoxy) is 1. The number of Topliss-reactive ketones (excluding diaryl/α,β-unsaturated/α-hetero) is 1. The van der Waals surface area contributed by atoms with Gasteiger partial charge in [-0.3, -0.25) is 4.79 Å². The van der Waals surface area contributed by atoms with Crippen LogP contribution in [-0.4, -0.2) is 11.9 Å². The van der Waals surface area contributed by atoms with Gasteiger partial charge in [-0.05, 0) is 18.1 Å². The Balaban J connectivity index is 2.39. The Bertz CT molecular complexity index is 426. The van der Waals surface area contributed by atoms with E-state index in [0.717, 1.165) is 11.1 Å². The molecule has 78 valence electrons. The van der Waals surface area contributed by atoms with E-state index < -0.39 is 6.09 Å². The van der Waals surface area contributed by atoms with Crippen molar-refractivity contribution in [3.05, 3.63) is 29.3 Å². The Morgan fingerprint density at radius 2 is 2.13 bits per heavy atom. The summed E-state index contributed by atoms with van der Waals surface area (Å²) in [5.74, 6) is 0.580. The van der Waals surface area contributed by atoms with Crippen molar-refractivity contribution in [2.75, 3.05) is 0 Å². The third-order valence-electron chi connectivity index (χ3n) is 2.49. The van der Waals surface area contributed by atoms with Gasteiger partial charge in [0, 0.05) is 18.4 Å². The number of aryl methyl sites for hydroxylation is 1. The van der Waals surface area contributed by atoms with Crippen LogP contribution in [0.25, 0.3) is 0 Å². The molecule has 0 fully saturated rings. The molecule has 0 heterocycles. The Kier molecular flexibility index (Phi) is 2.41. The number of amides is 1. The quantitative estimate of drug-likeness (QED) is 0.748. The van der Waals surface area contributed by atoms with Gasteiger partial charge in [-0.1, -0.05) is 12.1 Å². The van der Waals surface area contributed by atoms with Crippen LogP contribution < -0.4 is 10.5 Å². The number of rotatable bonds is 1. The van der Waals surface area contributed by atoms with E-state index in [2.05, 4.69) is 0 Å². The Hall–Kier alpha value is -1.84. The fraction of sp³-hybridized carbons (Fsp3) is 0.273. The van der Waals surface area contributed by atoms with Crippen molar-refractivity contribution < 1.29 is 14.3 Å². The summed E-state index contributed by atoms with van der Waals surface area (Å²) < 4.78 is 4.85. The number of ketones is 1. The normalized spacial score (nSPS) is 14.5. The predicted octanol–water partition coefficient (Wildman–Crippen LogP) is 1.20. The second-order valence-corrected chi connectivity index (χ2v) is 3.53. The van der Waals surface area contributed by atoms with Crippen molar-refractivity contribution in [3.63, 3.8) is 0 Å². The molecule has 4 nitrogen and oxygen atoms in total. The number of fused-ring (bicyclic) bond motifs is 1. The van der Waals surface area contributed by atoms with Crippen LogP contribution in [0.2, 0.25) is 0 Å². The minimum absolute atomic E-state index is 0.169. The number of nitrogens with two attached hydrogens (primary N) is 1.